The van der Waals surface area contributed by atoms with Crippen LogP contribution >= 0.6 is 11.3 Å². The molecule has 1 amide bonds. The van der Waals surface area contributed by atoms with Gasteiger partial charge in [0.2, 0.25) is 5.78 Å². The van der Waals surface area contributed by atoms with Gasteiger partial charge in [0.1, 0.15) is 0 Å². The standard InChI is InChI=1S/C22H26N2O4S/c1-5-15-7-9-16(10-8-15)18-17(19(25)21-13(2)23-14(3)29-21)20(26)22(27)24(18)11-6-12-28-4/h7-10,18,26H,5-6,11-12H2,1-4H3. The molecule has 0 saturated heterocycles. The third-order valence-corrected chi connectivity index (χ3v) is 6.18. The smallest absolute Gasteiger partial charge is 0.290 e. The first kappa shape index (κ1) is 21.2. The number of aromatic nitrogens is 1. The third-order valence-electron chi connectivity index (χ3n) is 5.11. The van der Waals surface area contributed by atoms with Gasteiger partial charge in [-0.3, -0.25) is 9.59 Å². The summed E-state index contributed by atoms with van der Waals surface area (Å²) in [4.78, 5) is 32.6. The Balaban J connectivity index is 2.05. The van der Waals surface area contributed by atoms with E-state index in [9.17, 15) is 14.7 Å². The van der Waals surface area contributed by atoms with Gasteiger partial charge in [-0.25, -0.2) is 4.98 Å². The average molecular weight is 415 g/mol. The number of Topliss-reactive ketones (excluding diaryl/α,β-unsaturated/α-hetero) is 1. The van der Waals surface area contributed by atoms with Crippen LogP contribution in [0.5, 0.6) is 0 Å². The van der Waals surface area contributed by atoms with E-state index in [1.54, 1.807) is 18.9 Å². The van der Waals surface area contributed by atoms with E-state index in [0.29, 0.717) is 30.1 Å². The lowest BCUT2D eigenvalue weighted by Gasteiger charge is -2.27. The van der Waals surface area contributed by atoms with E-state index in [1.807, 2.05) is 31.2 Å². The number of ketones is 1. The maximum Gasteiger partial charge on any atom is 0.290 e. The molecule has 0 radical (unpaired) electrons. The van der Waals surface area contributed by atoms with Crippen LogP contribution in [0.2, 0.25) is 0 Å². The van der Waals surface area contributed by atoms with Crippen LogP contribution in [-0.2, 0) is 16.0 Å². The highest BCUT2D eigenvalue weighted by Crippen LogP contribution is 2.40. The number of rotatable bonds is 8. The number of methoxy groups -OCH3 is 1. The summed E-state index contributed by atoms with van der Waals surface area (Å²) in [6, 6.07) is 7.21. The minimum atomic E-state index is -0.625. The summed E-state index contributed by atoms with van der Waals surface area (Å²) in [7, 11) is 1.60. The van der Waals surface area contributed by atoms with Crippen molar-refractivity contribution < 1.29 is 19.4 Å². The highest BCUT2D eigenvalue weighted by atomic mass is 32.1. The summed E-state index contributed by atoms with van der Waals surface area (Å²) in [6.07, 6.45) is 1.51. The number of benzene rings is 1. The number of aliphatic hydroxyl groups excluding tert-OH is 1. The fraction of sp³-hybridized carbons (Fsp3) is 0.409. The lowest BCUT2D eigenvalue weighted by atomic mass is 9.94. The van der Waals surface area contributed by atoms with Crippen LogP contribution in [0.15, 0.2) is 35.6 Å². The van der Waals surface area contributed by atoms with E-state index < -0.39 is 17.7 Å². The lowest BCUT2D eigenvalue weighted by Crippen LogP contribution is -2.32. The Kier molecular flexibility index (Phi) is 6.49. The van der Waals surface area contributed by atoms with Gasteiger partial charge in [0, 0.05) is 20.3 Å². The average Bonchev–Trinajstić information content (AvgIpc) is 3.18. The second-order valence-corrected chi connectivity index (χ2v) is 8.28. The first-order valence-electron chi connectivity index (χ1n) is 9.69. The Hall–Kier alpha value is -2.51. The molecular weight excluding hydrogens is 388 g/mol. The van der Waals surface area contributed by atoms with Crippen LogP contribution < -0.4 is 0 Å². The maximum atomic E-state index is 13.4. The monoisotopic (exact) mass is 414 g/mol. The number of aryl methyl sites for hydroxylation is 3. The normalized spacial score (nSPS) is 16.8. The third kappa shape index (κ3) is 4.11. The number of aliphatic hydroxyl groups is 1. The molecule has 1 unspecified atom stereocenters. The van der Waals surface area contributed by atoms with Gasteiger partial charge in [0.05, 0.1) is 27.2 Å². The summed E-state index contributed by atoms with van der Waals surface area (Å²) >= 11 is 1.28. The van der Waals surface area contributed by atoms with Gasteiger partial charge in [-0.05, 0) is 37.8 Å². The van der Waals surface area contributed by atoms with Crippen LogP contribution in [0.3, 0.4) is 0 Å². The molecule has 0 bridgehead atoms. The van der Waals surface area contributed by atoms with Crippen LogP contribution in [0.4, 0.5) is 0 Å². The summed E-state index contributed by atoms with van der Waals surface area (Å²) in [5, 5.41) is 11.4. The minimum Gasteiger partial charge on any atom is -0.503 e. The van der Waals surface area contributed by atoms with Gasteiger partial charge in [-0.1, -0.05) is 31.2 Å². The number of thiazole rings is 1. The van der Waals surface area contributed by atoms with Crippen molar-refractivity contribution in [3.63, 3.8) is 0 Å². The van der Waals surface area contributed by atoms with Gasteiger partial charge < -0.3 is 14.7 Å². The molecule has 1 atom stereocenters. The molecule has 6 nitrogen and oxygen atoms in total. The number of ether oxygens (including phenoxy) is 1. The molecule has 0 fully saturated rings. The van der Waals surface area contributed by atoms with Crippen molar-refractivity contribution in [3.8, 4) is 0 Å². The number of hydrogen-bond acceptors (Lipinski definition) is 6. The molecule has 3 rings (SSSR count). The topological polar surface area (TPSA) is 79.7 Å². The van der Waals surface area contributed by atoms with E-state index in [0.717, 1.165) is 17.0 Å². The molecule has 154 valence electrons. The predicted molar refractivity (Wildman–Crippen MR) is 112 cm³/mol. The van der Waals surface area contributed by atoms with Crippen molar-refractivity contribution in [2.24, 2.45) is 0 Å². The lowest BCUT2D eigenvalue weighted by molar-refractivity contribution is -0.129. The van der Waals surface area contributed by atoms with Gasteiger partial charge in [0.25, 0.3) is 5.91 Å². The molecule has 7 heteroatoms. The summed E-state index contributed by atoms with van der Waals surface area (Å²) in [5.41, 5.74) is 2.71. The van der Waals surface area contributed by atoms with Gasteiger partial charge >= 0.3 is 0 Å². The zero-order valence-electron chi connectivity index (χ0n) is 17.2. The summed E-state index contributed by atoms with van der Waals surface area (Å²) in [5.74, 6) is -1.33. The number of carbonyl (C=O) groups is 2. The molecule has 0 spiro atoms. The van der Waals surface area contributed by atoms with Crippen molar-refractivity contribution in [1.29, 1.82) is 0 Å². The molecule has 29 heavy (non-hydrogen) atoms. The van der Waals surface area contributed by atoms with Gasteiger partial charge in [-0.2, -0.15) is 0 Å². The molecule has 0 aliphatic carbocycles. The molecular formula is C22H26N2O4S. The molecule has 2 aromatic rings. The fourth-order valence-electron chi connectivity index (χ4n) is 3.64. The highest BCUT2D eigenvalue weighted by molar-refractivity contribution is 7.14. The minimum absolute atomic E-state index is 0.128. The Labute approximate surface area is 174 Å². The molecule has 1 aromatic carbocycles. The van der Waals surface area contributed by atoms with Crippen molar-refractivity contribution in [2.75, 3.05) is 20.3 Å². The first-order valence-corrected chi connectivity index (χ1v) is 10.5. The van der Waals surface area contributed by atoms with E-state index in [-0.39, 0.29) is 11.4 Å². The molecule has 1 N–H and O–H groups in total. The number of amides is 1. The van der Waals surface area contributed by atoms with Gasteiger partial charge in [-0.15, -0.1) is 11.3 Å². The highest BCUT2D eigenvalue weighted by Gasteiger charge is 2.44. The molecule has 1 aliphatic heterocycles. The van der Waals surface area contributed by atoms with E-state index in [1.165, 1.54) is 16.9 Å². The number of hydrogen-bond donors (Lipinski definition) is 1. The number of carbonyl (C=O) groups excluding carboxylic acids is 2. The second-order valence-electron chi connectivity index (χ2n) is 7.08. The molecule has 0 saturated carbocycles. The largest absolute Gasteiger partial charge is 0.503 e. The van der Waals surface area contributed by atoms with E-state index in [4.69, 9.17) is 4.74 Å². The summed E-state index contributed by atoms with van der Waals surface area (Å²) < 4.78 is 5.11. The van der Waals surface area contributed by atoms with E-state index in [2.05, 4.69) is 11.9 Å². The van der Waals surface area contributed by atoms with Crippen LogP contribution in [0.1, 0.15) is 50.9 Å². The first-order chi connectivity index (χ1) is 13.9. The van der Waals surface area contributed by atoms with Crippen molar-refractivity contribution >= 4 is 23.0 Å². The molecule has 2 heterocycles. The van der Waals surface area contributed by atoms with Crippen LogP contribution in [0, 0.1) is 13.8 Å². The predicted octanol–water partition coefficient (Wildman–Crippen LogP) is 3.94. The van der Waals surface area contributed by atoms with Crippen molar-refractivity contribution in [1.82, 2.24) is 9.88 Å². The Bertz CT molecular complexity index is 946. The van der Waals surface area contributed by atoms with Crippen LogP contribution in [0.25, 0.3) is 0 Å². The molecule has 1 aromatic heterocycles. The quantitative estimate of drug-likeness (QED) is 0.523. The molecule has 1 aliphatic rings. The maximum absolute atomic E-state index is 13.4. The Morgan fingerprint density at radius 3 is 2.52 bits per heavy atom. The summed E-state index contributed by atoms with van der Waals surface area (Å²) in [6.45, 7) is 6.55. The Morgan fingerprint density at radius 2 is 1.97 bits per heavy atom. The zero-order valence-corrected chi connectivity index (χ0v) is 18.0. The zero-order chi connectivity index (χ0) is 21.1. The van der Waals surface area contributed by atoms with E-state index >= 15 is 0 Å². The van der Waals surface area contributed by atoms with Crippen molar-refractivity contribution in [3.05, 3.63) is 62.3 Å². The number of nitrogens with zero attached hydrogens (tertiary/aromatic N) is 2. The SMILES string of the molecule is CCc1ccc(C2C(C(=O)c3sc(C)nc3C)=C(O)C(=O)N2CCCOC)cc1. The van der Waals surface area contributed by atoms with Crippen molar-refractivity contribution in [2.45, 2.75) is 39.7 Å². The Morgan fingerprint density at radius 1 is 1.28 bits per heavy atom. The van der Waals surface area contributed by atoms with Gasteiger partial charge in [0.15, 0.2) is 5.76 Å². The van der Waals surface area contributed by atoms with Crippen LogP contribution in [-0.4, -0.2) is 46.9 Å². The fourth-order valence-corrected chi connectivity index (χ4v) is 4.52. The second kappa shape index (κ2) is 8.88.